The maximum atomic E-state index is 12.3. The molecule has 0 aromatic carbocycles. The summed E-state index contributed by atoms with van der Waals surface area (Å²) in [4.78, 5) is 30.2. The number of pyridine rings is 1. The number of nitrogens with one attached hydrogen (secondary N) is 1. The highest BCUT2D eigenvalue weighted by Gasteiger charge is 2.29. The van der Waals surface area contributed by atoms with Gasteiger partial charge in [0.05, 0.1) is 11.5 Å². The first kappa shape index (κ1) is 18.4. The van der Waals surface area contributed by atoms with Gasteiger partial charge < -0.3 is 10.2 Å². The number of carbonyl (C=O) groups is 2. The molecule has 1 fully saturated rings. The maximum absolute atomic E-state index is 12.3. The Morgan fingerprint density at radius 3 is 2.79 bits per heavy atom. The summed E-state index contributed by atoms with van der Waals surface area (Å²) in [5.41, 5.74) is 0.516. The fraction of sp³-hybridized carbons (Fsp3) is 0.562. The second-order valence-electron chi connectivity index (χ2n) is 6.08. The molecule has 24 heavy (non-hydrogen) atoms. The predicted octanol–water partition coefficient (Wildman–Crippen LogP) is 0.871. The molecule has 2 amide bonds. The molecule has 0 spiro atoms. The molecule has 1 atom stereocenters. The van der Waals surface area contributed by atoms with Crippen LogP contribution < -0.4 is 5.32 Å². The highest BCUT2D eigenvalue weighted by atomic mass is 32.2. The molecule has 1 N–H and O–H groups in total. The van der Waals surface area contributed by atoms with Crippen LogP contribution in [0.2, 0.25) is 0 Å². The van der Waals surface area contributed by atoms with E-state index in [1.165, 1.54) is 12.3 Å². The summed E-state index contributed by atoms with van der Waals surface area (Å²) >= 11 is 0. The van der Waals surface area contributed by atoms with Crippen LogP contribution in [0.4, 0.5) is 0 Å². The van der Waals surface area contributed by atoms with Gasteiger partial charge in [0.2, 0.25) is 0 Å². The fourth-order valence-electron chi connectivity index (χ4n) is 2.57. The van der Waals surface area contributed by atoms with Gasteiger partial charge in [0.25, 0.3) is 11.8 Å². The Kier molecular flexibility index (Phi) is 5.93. The first-order valence-corrected chi connectivity index (χ1v) is 9.87. The zero-order chi connectivity index (χ0) is 17.7. The molecule has 1 saturated heterocycles. The van der Waals surface area contributed by atoms with Crippen molar-refractivity contribution < 1.29 is 18.0 Å². The summed E-state index contributed by atoms with van der Waals surface area (Å²) in [6.45, 7) is 2.70. The molecule has 1 aromatic heterocycles. The minimum Gasteiger partial charge on any atom is -0.347 e. The van der Waals surface area contributed by atoms with Crippen molar-refractivity contribution in [3.63, 3.8) is 0 Å². The molecule has 1 aromatic rings. The molecule has 1 aliphatic rings. The Balaban J connectivity index is 2.04. The number of amides is 2. The topological polar surface area (TPSA) is 96.4 Å². The van der Waals surface area contributed by atoms with Crippen molar-refractivity contribution in [2.24, 2.45) is 0 Å². The van der Waals surface area contributed by atoms with E-state index in [1.807, 2.05) is 0 Å². The lowest BCUT2D eigenvalue weighted by atomic mass is 10.1. The number of rotatable bonds is 6. The number of hydrogen-bond donors (Lipinski definition) is 1. The van der Waals surface area contributed by atoms with Crippen molar-refractivity contribution in [1.29, 1.82) is 0 Å². The second-order valence-corrected chi connectivity index (χ2v) is 8.31. The number of hydrogen-bond acceptors (Lipinski definition) is 5. The molecule has 0 saturated carbocycles. The summed E-state index contributed by atoms with van der Waals surface area (Å²) < 4.78 is 22.9. The van der Waals surface area contributed by atoms with Crippen LogP contribution in [0, 0.1) is 0 Å². The predicted molar refractivity (Wildman–Crippen MR) is 90.6 cm³/mol. The van der Waals surface area contributed by atoms with Gasteiger partial charge in [-0.2, -0.15) is 0 Å². The largest absolute Gasteiger partial charge is 0.347 e. The summed E-state index contributed by atoms with van der Waals surface area (Å²) in [6, 6.07) is 2.63. The van der Waals surface area contributed by atoms with Crippen molar-refractivity contribution in [3.8, 4) is 0 Å². The van der Waals surface area contributed by atoms with E-state index in [-0.39, 0.29) is 23.1 Å². The van der Waals surface area contributed by atoms with E-state index in [0.717, 1.165) is 12.8 Å². The zero-order valence-corrected chi connectivity index (χ0v) is 14.8. The van der Waals surface area contributed by atoms with Gasteiger partial charge in [0.1, 0.15) is 5.69 Å². The average Bonchev–Trinajstić information content (AvgIpc) is 2.90. The van der Waals surface area contributed by atoms with E-state index in [9.17, 15) is 18.0 Å². The Bertz CT molecular complexity index is 718. The third kappa shape index (κ3) is 4.77. The van der Waals surface area contributed by atoms with E-state index in [2.05, 4.69) is 17.2 Å². The molecule has 1 aliphatic heterocycles. The Labute approximate surface area is 142 Å². The lowest BCUT2D eigenvalue weighted by Gasteiger charge is -2.17. The van der Waals surface area contributed by atoms with Crippen LogP contribution in [-0.4, -0.2) is 61.3 Å². The molecule has 0 bridgehead atoms. The van der Waals surface area contributed by atoms with Crippen molar-refractivity contribution in [3.05, 3.63) is 29.6 Å². The summed E-state index contributed by atoms with van der Waals surface area (Å²) in [5.74, 6) is -0.574. The van der Waals surface area contributed by atoms with Crippen LogP contribution in [0.15, 0.2) is 18.3 Å². The van der Waals surface area contributed by atoms with Crippen LogP contribution in [0.1, 0.15) is 47.0 Å². The monoisotopic (exact) mass is 353 g/mol. The third-order valence-electron chi connectivity index (χ3n) is 4.00. The summed E-state index contributed by atoms with van der Waals surface area (Å²) in [6.07, 6.45) is 3.73. The number of unbranched alkanes of at least 4 members (excludes halogenated alkanes) is 1. The average molecular weight is 353 g/mol. The van der Waals surface area contributed by atoms with Crippen LogP contribution in [0.25, 0.3) is 0 Å². The van der Waals surface area contributed by atoms with Gasteiger partial charge in [-0.05, 0) is 25.0 Å². The molecular weight excluding hydrogens is 330 g/mol. The number of aromatic nitrogens is 1. The molecule has 132 valence electrons. The molecule has 2 rings (SSSR count). The van der Waals surface area contributed by atoms with Gasteiger partial charge in [-0.3, -0.25) is 14.6 Å². The minimum atomic E-state index is -3.06. The lowest BCUT2D eigenvalue weighted by molar-refractivity contribution is 0.0793. The smallest absolute Gasteiger partial charge is 0.270 e. The van der Waals surface area contributed by atoms with Gasteiger partial charge >= 0.3 is 0 Å². The maximum Gasteiger partial charge on any atom is 0.270 e. The lowest BCUT2D eigenvalue weighted by Crippen LogP contribution is -2.36. The standard InChI is InChI=1S/C16H23N3O4S/c1-3-4-8-19(2)16(21)12-5-7-17-14(10-12)15(20)18-13-6-9-24(22,23)11-13/h5,7,10,13H,3-4,6,8-9,11H2,1-2H3,(H,18,20). The molecule has 7 nitrogen and oxygen atoms in total. The normalized spacial score (nSPS) is 19.0. The van der Waals surface area contributed by atoms with E-state index in [4.69, 9.17) is 0 Å². The van der Waals surface area contributed by atoms with Gasteiger partial charge in [0, 0.05) is 31.4 Å². The Morgan fingerprint density at radius 2 is 2.17 bits per heavy atom. The molecule has 8 heteroatoms. The zero-order valence-electron chi connectivity index (χ0n) is 14.0. The third-order valence-corrected chi connectivity index (χ3v) is 5.77. The minimum absolute atomic E-state index is 0.0445. The second kappa shape index (κ2) is 7.74. The fourth-order valence-corrected chi connectivity index (χ4v) is 4.25. The molecule has 0 radical (unpaired) electrons. The first-order valence-electron chi connectivity index (χ1n) is 8.05. The summed E-state index contributed by atoms with van der Waals surface area (Å²) in [5, 5.41) is 2.67. The number of sulfone groups is 1. The molecule has 0 aliphatic carbocycles. The van der Waals surface area contributed by atoms with Crippen molar-refractivity contribution in [2.45, 2.75) is 32.2 Å². The van der Waals surface area contributed by atoms with Gasteiger partial charge in [-0.25, -0.2) is 8.42 Å². The van der Waals surface area contributed by atoms with E-state index in [0.29, 0.717) is 18.5 Å². The molecule has 2 heterocycles. The number of nitrogens with zero attached hydrogens (tertiary/aromatic N) is 2. The van der Waals surface area contributed by atoms with Crippen LogP contribution in [0.3, 0.4) is 0 Å². The first-order chi connectivity index (χ1) is 11.3. The molecular formula is C16H23N3O4S. The van der Waals surface area contributed by atoms with Crippen LogP contribution in [-0.2, 0) is 9.84 Å². The van der Waals surface area contributed by atoms with E-state index in [1.54, 1.807) is 18.0 Å². The quantitative estimate of drug-likeness (QED) is 0.818. The van der Waals surface area contributed by atoms with Gasteiger partial charge in [0.15, 0.2) is 9.84 Å². The Morgan fingerprint density at radius 1 is 1.42 bits per heavy atom. The SMILES string of the molecule is CCCCN(C)C(=O)c1ccnc(C(=O)NC2CCS(=O)(=O)C2)c1. The van der Waals surface area contributed by atoms with Gasteiger partial charge in [-0.15, -0.1) is 0 Å². The molecule has 1 unspecified atom stereocenters. The van der Waals surface area contributed by atoms with Crippen LogP contribution >= 0.6 is 0 Å². The van der Waals surface area contributed by atoms with Crippen LogP contribution in [0.5, 0.6) is 0 Å². The Hall–Kier alpha value is -1.96. The van der Waals surface area contributed by atoms with Crippen molar-refractivity contribution >= 4 is 21.7 Å². The van der Waals surface area contributed by atoms with Crippen molar-refractivity contribution in [1.82, 2.24) is 15.2 Å². The van der Waals surface area contributed by atoms with Gasteiger partial charge in [-0.1, -0.05) is 13.3 Å². The number of carbonyl (C=O) groups excluding carboxylic acids is 2. The van der Waals surface area contributed by atoms with Crippen molar-refractivity contribution in [2.75, 3.05) is 25.1 Å². The highest BCUT2D eigenvalue weighted by molar-refractivity contribution is 7.91. The van der Waals surface area contributed by atoms with E-state index < -0.39 is 21.8 Å². The van der Waals surface area contributed by atoms with E-state index >= 15 is 0 Å². The summed E-state index contributed by atoms with van der Waals surface area (Å²) in [7, 11) is -1.34. The highest BCUT2D eigenvalue weighted by Crippen LogP contribution is 2.12.